The van der Waals surface area contributed by atoms with E-state index in [1.807, 2.05) is 0 Å². The van der Waals surface area contributed by atoms with Gasteiger partial charge < -0.3 is 5.32 Å². The quantitative estimate of drug-likeness (QED) is 0.861. The minimum absolute atomic E-state index is 0. The average Bonchev–Trinajstić information content (AvgIpc) is 2.93. The lowest BCUT2D eigenvalue weighted by Gasteiger charge is -2.30. The molecule has 1 aliphatic heterocycles. The van der Waals surface area contributed by atoms with Gasteiger partial charge in [-0.05, 0) is 37.4 Å². The highest BCUT2D eigenvalue weighted by Crippen LogP contribution is 2.19. The van der Waals surface area contributed by atoms with Crippen molar-refractivity contribution in [3.63, 3.8) is 0 Å². The Balaban J connectivity index is 0.00000180. The van der Waals surface area contributed by atoms with Crippen molar-refractivity contribution < 1.29 is 0 Å². The molecule has 108 valence electrons. The molecule has 1 aliphatic rings. The molecule has 2 unspecified atom stereocenters. The first-order valence-electron chi connectivity index (χ1n) is 7.31. The van der Waals surface area contributed by atoms with Crippen LogP contribution in [0.2, 0.25) is 0 Å². The number of benzene rings is 1. The third-order valence-electron chi connectivity index (χ3n) is 3.94. The zero-order chi connectivity index (χ0) is 12.8. The van der Waals surface area contributed by atoms with E-state index in [0.29, 0.717) is 5.92 Å². The van der Waals surface area contributed by atoms with Crippen molar-refractivity contribution >= 4 is 12.4 Å². The van der Waals surface area contributed by atoms with Gasteiger partial charge in [0.1, 0.15) is 0 Å². The third kappa shape index (κ3) is 4.79. The zero-order valence-electron chi connectivity index (χ0n) is 12.1. The van der Waals surface area contributed by atoms with Crippen molar-refractivity contribution in [3.8, 4) is 0 Å². The summed E-state index contributed by atoms with van der Waals surface area (Å²) < 4.78 is 0. The van der Waals surface area contributed by atoms with E-state index in [1.165, 1.54) is 44.6 Å². The normalized spacial score (nSPS) is 20.3. The zero-order valence-corrected chi connectivity index (χ0v) is 13.0. The van der Waals surface area contributed by atoms with Crippen molar-refractivity contribution in [3.05, 3.63) is 35.9 Å². The second-order valence-corrected chi connectivity index (χ2v) is 5.45. The molecule has 0 aromatic heterocycles. The minimum atomic E-state index is 0. The highest BCUT2D eigenvalue weighted by atomic mass is 35.5. The van der Waals surface area contributed by atoms with E-state index < -0.39 is 0 Å². The molecule has 19 heavy (non-hydrogen) atoms. The summed E-state index contributed by atoms with van der Waals surface area (Å²) in [5.41, 5.74) is 1.46. The Morgan fingerprint density at radius 3 is 2.63 bits per heavy atom. The van der Waals surface area contributed by atoms with Crippen LogP contribution < -0.4 is 5.32 Å². The van der Waals surface area contributed by atoms with Crippen LogP contribution in [0.4, 0.5) is 0 Å². The van der Waals surface area contributed by atoms with Crippen LogP contribution >= 0.6 is 12.4 Å². The molecule has 2 atom stereocenters. The highest BCUT2D eigenvalue weighted by molar-refractivity contribution is 5.85. The van der Waals surface area contributed by atoms with Crippen molar-refractivity contribution in [2.75, 3.05) is 26.2 Å². The van der Waals surface area contributed by atoms with Crippen LogP contribution in [0.5, 0.6) is 0 Å². The molecule has 0 amide bonds. The summed E-state index contributed by atoms with van der Waals surface area (Å²) in [5, 5.41) is 3.48. The molecule has 2 nitrogen and oxygen atoms in total. The summed E-state index contributed by atoms with van der Waals surface area (Å²) in [6, 6.07) is 11.6. The lowest BCUT2D eigenvalue weighted by molar-refractivity contribution is 0.198. The maximum absolute atomic E-state index is 3.48. The number of nitrogens with zero attached hydrogens (tertiary/aromatic N) is 1. The van der Waals surface area contributed by atoms with E-state index in [4.69, 9.17) is 0 Å². The van der Waals surface area contributed by atoms with E-state index in [2.05, 4.69) is 54.4 Å². The fourth-order valence-corrected chi connectivity index (χ4v) is 2.90. The van der Waals surface area contributed by atoms with Crippen molar-refractivity contribution in [2.24, 2.45) is 0 Å². The maximum atomic E-state index is 3.48. The van der Waals surface area contributed by atoms with Gasteiger partial charge in [0.15, 0.2) is 0 Å². The Bertz CT molecular complexity index is 336. The van der Waals surface area contributed by atoms with Crippen LogP contribution in [0, 0.1) is 0 Å². The van der Waals surface area contributed by atoms with Crippen molar-refractivity contribution in [2.45, 2.75) is 38.6 Å². The molecule has 0 bridgehead atoms. The summed E-state index contributed by atoms with van der Waals surface area (Å²) in [7, 11) is 0. The predicted octanol–water partition coefficient (Wildman–Crippen LogP) is 3.29. The molecule has 1 aromatic rings. The molecule has 3 heteroatoms. The predicted molar refractivity (Wildman–Crippen MR) is 85.2 cm³/mol. The number of halogens is 1. The van der Waals surface area contributed by atoms with Gasteiger partial charge in [-0.3, -0.25) is 4.90 Å². The molecule has 2 rings (SSSR count). The third-order valence-corrected chi connectivity index (χ3v) is 3.94. The first kappa shape index (κ1) is 16.5. The molecule has 1 saturated heterocycles. The Labute approximate surface area is 124 Å². The summed E-state index contributed by atoms with van der Waals surface area (Å²) in [4.78, 5) is 2.68. The van der Waals surface area contributed by atoms with E-state index in [-0.39, 0.29) is 12.4 Å². The molecule has 1 heterocycles. The van der Waals surface area contributed by atoms with Crippen LogP contribution in [0.1, 0.15) is 38.2 Å². The monoisotopic (exact) mass is 282 g/mol. The molecule has 0 aliphatic carbocycles. The van der Waals surface area contributed by atoms with Crippen LogP contribution in [0.25, 0.3) is 0 Å². The largest absolute Gasteiger partial charge is 0.315 e. The SMILES string of the molecule is CCCN(CC(C)c1ccccc1)C1CCNC1.Cl. The first-order chi connectivity index (χ1) is 8.81. The number of nitrogens with one attached hydrogen (secondary N) is 1. The van der Waals surface area contributed by atoms with Gasteiger partial charge >= 0.3 is 0 Å². The molecular formula is C16H27ClN2. The lowest BCUT2D eigenvalue weighted by Crippen LogP contribution is -2.39. The topological polar surface area (TPSA) is 15.3 Å². The van der Waals surface area contributed by atoms with Crippen LogP contribution in [0.3, 0.4) is 0 Å². The van der Waals surface area contributed by atoms with E-state index in [1.54, 1.807) is 0 Å². The Hall–Kier alpha value is -0.570. The molecule has 1 N–H and O–H groups in total. The summed E-state index contributed by atoms with van der Waals surface area (Å²) in [6.45, 7) is 9.39. The number of rotatable bonds is 6. The summed E-state index contributed by atoms with van der Waals surface area (Å²) in [5.74, 6) is 0.623. The van der Waals surface area contributed by atoms with Gasteiger partial charge in [-0.25, -0.2) is 0 Å². The Morgan fingerprint density at radius 2 is 2.05 bits per heavy atom. The smallest absolute Gasteiger partial charge is 0.0232 e. The van der Waals surface area contributed by atoms with Crippen LogP contribution in [-0.2, 0) is 0 Å². The fourth-order valence-electron chi connectivity index (χ4n) is 2.90. The van der Waals surface area contributed by atoms with Gasteiger partial charge in [-0.2, -0.15) is 0 Å². The number of hydrogen-bond donors (Lipinski definition) is 1. The number of hydrogen-bond acceptors (Lipinski definition) is 2. The lowest BCUT2D eigenvalue weighted by atomic mass is 9.99. The summed E-state index contributed by atoms with van der Waals surface area (Å²) in [6.07, 6.45) is 2.56. The highest BCUT2D eigenvalue weighted by Gasteiger charge is 2.23. The fraction of sp³-hybridized carbons (Fsp3) is 0.625. The van der Waals surface area contributed by atoms with Gasteiger partial charge in [0.2, 0.25) is 0 Å². The van der Waals surface area contributed by atoms with Crippen LogP contribution in [0.15, 0.2) is 30.3 Å². The van der Waals surface area contributed by atoms with Crippen molar-refractivity contribution in [1.29, 1.82) is 0 Å². The molecule has 1 aromatic carbocycles. The molecule has 0 spiro atoms. The van der Waals surface area contributed by atoms with E-state index in [9.17, 15) is 0 Å². The van der Waals surface area contributed by atoms with E-state index in [0.717, 1.165) is 6.04 Å². The second kappa shape index (κ2) is 8.57. The maximum Gasteiger partial charge on any atom is 0.0232 e. The molecule has 0 radical (unpaired) electrons. The van der Waals surface area contributed by atoms with Gasteiger partial charge in [-0.15, -0.1) is 12.4 Å². The molecule has 0 saturated carbocycles. The Morgan fingerprint density at radius 1 is 1.32 bits per heavy atom. The van der Waals surface area contributed by atoms with Gasteiger partial charge in [0.05, 0.1) is 0 Å². The standard InChI is InChI=1S/C16H26N2.ClH/c1-3-11-18(16-9-10-17-12-16)13-14(2)15-7-5-4-6-8-15;/h4-8,14,16-17H,3,9-13H2,1-2H3;1H. The van der Waals surface area contributed by atoms with Gasteiger partial charge in [-0.1, -0.05) is 44.2 Å². The first-order valence-corrected chi connectivity index (χ1v) is 7.31. The van der Waals surface area contributed by atoms with Gasteiger partial charge in [0, 0.05) is 19.1 Å². The molecule has 1 fully saturated rings. The second-order valence-electron chi connectivity index (χ2n) is 5.45. The molecular weight excluding hydrogens is 256 g/mol. The summed E-state index contributed by atoms with van der Waals surface area (Å²) >= 11 is 0. The van der Waals surface area contributed by atoms with Gasteiger partial charge in [0.25, 0.3) is 0 Å². The van der Waals surface area contributed by atoms with E-state index >= 15 is 0 Å². The minimum Gasteiger partial charge on any atom is -0.315 e. The van der Waals surface area contributed by atoms with Crippen LogP contribution in [-0.4, -0.2) is 37.1 Å². The Kier molecular flexibility index (Phi) is 7.44. The average molecular weight is 283 g/mol. The van der Waals surface area contributed by atoms with Crippen molar-refractivity contribution in [1.82, 2.24) is 10.2 Å².